The van der Waals surface area contributed by atoms with E-state index in [0.717, 1.165) is 29.6 Å². The number of hydrogen-bond donors (Lipinski definition) is 0. The van der Waals surface area contributed by atoms with Crippen molar-refractivity contribution >= 4 is 16.8 Å². The van der Waals surface area contributed by atoms with Crippen LogP contribution in [0.15, 0.2) is 24.3 Å². The highest BCUT2D eigenvalue weighted by molar-refractivity contribution is 6.03. The molecule has 23 heavy (non-hydrogen) atoms. The van der Waals surface area contributed by atoms with Crippen molar-refractivity contribution in [2.45, 2.75) is 19.4 Å². The molecular weight excluding hydrogens is 290 g/mol. The predicted octanol–water partition coefficient (Wildman–Crippen LogP) is 2.33. The summed E-state index contributed by atoms with van der Waals surface area (Å²) < 4.78 is 6.26. The second-order valence-electron chi connectivity index (χ2n) is 6.48. The first-order valence-electron chi connectivity index (χ1n) is 7.93. The number of amides is 1. The van der Waals surface area contributed by atoms with Crippen LogP contribution in [0.4, 0.5) is 0 Å². The van der Waals surface area contributed by atoms with Gasteiger partial charge in [-0.3, -0.25) is 4.79 Å². The summed E-state index contributed by atoms with van der Waals surface area (Å²) in [5, 5.41) is 0.998. The summed E-state index contributed by atoms with van der Waals surface area (Å²) in [6.07, 6.45) is 0.840. The van der Waals surface area contributed by atoms with Crippen LogP contribution in [-0.4, -0.2) is 61.0 Å². The van der Waals surface area contributed by atoms with E-state index in [1.165, 1.54) is 0 Å². The van der Waals surface area contributed by atoms with Crippen molar-refractivity contribution in [1.29, 1.82) is 0 Å². The molecule has 1 aromatic heterocycles. The number of aryl methyl sites for hydroxylation is 1. The van der Waals surface area contributed by atoms with Crippen LogP contribution in [0, 0.1) is 6.92 Å². The number of hydrogen-bond acceptors (Lipinski definition) is 4. The summed E-state index contributed by atoms with van der Waals surface area (Å²) in [7, 11) is 5.91. The highest BCUT2D eigenvalue weighted by Crippen LogP contribution is 2.32. The van der Waals surface area contributed by atoms with Gasteiger partial charge in [-0.2, -0.15) is 0 Å². The lowest BCUT2D eigenvalue weighted by Crippen LogP contribution is -2.35. The molecule has 0 radical (unpaired) electrons. The first kappa shape index (κ1) is 15.7. The lowest BCUT2D eigenvalue weighted by atomic mass is 10.1. The number of nitrogens with zero attached hydrogens (tertiary/aromatic N) is 3. The zero-order valence-electron chi connectivity index (χ0n) is 14.2. The Labute approximate surface area is 136 Å². The van der Waals surface area contributed by atoms with Crippen molar-refractivity contribution in [3.8, 4) is 5.75 Å². The zero-order chi connectivity index (χ0) is 16.6. The molecule has 5 heteroatoms. The van der Waals surface area contributed by atoms with Gasteiger partial charge in [-0.15, -0.1) is 0 Å². The van der Waals surface area contributed by atoms with E-state index in [2.05, 4.69) is 9.88 Å². The number of benzene rings is 1. The van der Waals surface area contributed by atoms with E-state index in [1.54, 1.807) is 4.90 Å². The minimum absolute atomic E-state index is 0.00226. The molecule has 122 valence electrons. The third-order valence-corrected chi connectivity index (χ3v) is 4.19. The average molecular weight is 313 g/mol. The van der Waals surface area contributed by atoms with Gasteiger partial charge in [0.2, 0.25) is 0 Å². The van der Waals surface area contributed by atoms with Gasteiger partial charge in [0.1, 0.15) is 11.6 Å². The molecule has 0 fully saturated rings. The Morgan fingerprint density at radius 3 is 2.78 bits per heavy atom. The van der Waals surface area contributed by atoms with E-state index < -0.39 is 0 Å². The van der Waals surface area contributed by atoms with E-state index in [0.29, 0.717) is 17.9 Å². The topological polar surface area (TPSA) is 45.7 Å². The van der Waals surface area contributed by atoms with Gasteiger partial charge in [-0.05, 0) is 39.6 Å². The molecule has 0 spiro atoms. The van der Waals surface area contributed by atoms with Crippen LogP contribution in [0.2, 0.25) is 0 Å². The number of pyridine rings is 1. The predicted molar refractivity (Wildman–Crippen MR) is 91.0 cm³/mol. The van der Waals surface area contributed by atoms with Crippen LogP contribution in [0.3, 0.4) is 0 Å². The Kier molecular flexibility index (Phi) is 4.22. The van der Waals surface area contributed by atoms with Gasteiger partial charge in [-0.25, -0.2) is 4.98 Å². The number of aromatic nitrogens is 1. The van der Waals surface area contributed by atoms with Crippen LogP contribution >= 0.6 is 0 Å². The van der Waals surface area contributed by atoms with E-state index in [-0.39, 0.29) is 12.0 Å². The van der Waals surface area contributed by atoms with Crippen molar-refractivity contribution < 1.29 is 9.53 Å². The molecule has 1 aromatic carbocycles. The maximum absolute atomic E-state index is 12.7. The summed E-state index contributed by atoms with van der Waals surface area (Å²) in [6, 6.07) is 7.79. The molecule has 0 aliphatic carbocycles. The third kappa shape index (κ3) is 3.15. The summed E-state index contributed by atoms with van der Waals surface area (Å²) in [5.41, 5.74) is 2.30. The Morgan fingerprint density at radius 1 is 1.30 bits per heavy atom. The number of rotatable bonds is 3. The summed E-state index contributed by atoms with van der Waals surface area (Å²) in [6.45, 7) is 3.46. The molecule has 1 unspecified atom stereocenters. The summed E-state index contributed by atoms with van der Waals surface area (Å²) in [5.74, 6) is 0.627. The van der Waals surface area contributed by atoms with E-state index in [1.807, 2.05) is 52.3 Å². The van der Waals surface area contributed by atoms with E-state index in [9.17, 15) is 4.79 Å². The zero-order valence-corrected chi connectivity index (χ0v) is 14.2. The van der Waals surface area contributed by atoms with Crippen LogP contribution in [-0.2, 0) is 0 Å². The summed E-state index contributed by atoms with van der Waals surface area (Å²) >= 11 is 0. The van der Waals surface area contributed by atoms with Crippen LogP contribution in [0.5, 0.6) is 5.75 Å². The maximum atomic E-state index is 12.7. The van der Waals surface area contributed by atoms with Gasteiger partial charge in [0, 0.05) is 24.7 Å². The Bertz CT molecular complexity index is 742. The Morgan fingerprint density at radius 2 is 2.04 bits per heavy atom. The smallest absolute Gasteiger partial charge is 0.257 e. The first-order chi connectivity index (χ1) is 11.0. The minimum Gasteiger partial charge on any atom is -0.485 e. The van der Waals surface area contributed by atoms with Gasteiger partial charge < -0.3 is 14.5 Å². The average Bonchev–Trinajstić information content (AvgIpc) is 2.63. The Hall–Kier alpha value is -2.14. The van der Waals surface area contributed by atoms with Gasteiger partial charge in [-0.1, -0.05) is 12.1 Å². The molecule has 0 saturated carbocycles. The SMILES string of the molecule is Cc1ccc2ccc3c(c2n1)OC(CCN(C)C)CN(C)C3=O. The van der Waals surface area contributed by atoms with Gasteiger partial charge in [0.15, 0.2) is 5.75 Å². The normalized spacial score (nSPS) is 18.0. The third-order valence-electron chi connectivity index (χ3n) is 4.19. The largest absolute Gasteiger partial charge is 0.485 e. The fourth-order valence-electron chi connectivity index (χ4n) is 2.90. The highest BCUT2D eigenvalue weighted by Gasteiger charge is 2.28. The summed E-state index contributed by atoms with van der Waals surface area (Å²) in [4.78, 5) is 21.1. The van der Waals surface area contributed by atoms with Crippen LogP contribution < -0.4 is 4.74 Å². The molecule has 2 aromatic rings. The van der Waals surface area contributed by atoms with Crippen molar-refractivity contribution in [2.24, 2.45) is 0 Å². The molecule has 3 rings (SSSR count). The highest BCUT2D eigenvalue weighted by atomic mass is 16.5. The van der Waals surface area contributed by atoms with Crippen LogP contribution in [0.1, 0.15) is 22.5 Å². The monoisotopic (exact) mass is 313 g/mol. The number of carbonyl (C=O) groups excluding carboxylic acids is 1. The number of ether oxygens (including phenoxy) is 1. The van der Waals surface area contributed by atoms with E-state index in [4.69, 9.17) is 4.74 Å². The second-order valence-corrected chi connectivity index (χ2v) is 6.48. The Balaban J connectivity index is 2.07. The standard InChI is InChI=1S/C18H23N3O2/c1-12-5-6-13-7-8-15-17(16(13)19-12)23-14(9-10-20(2)3)11-21(4)18(15)22/h5-8,14H,9-11H2,1-4H3. The second kappa shape index (κ2) is 6.16. The number of fused-ring (bicyclic) bond motifs is 3. The van der Waals surface area contributed by atoms with Crippen molar-refractivity contribution in [1.82, 2.24) is 14.8 Å². The first-order valence-corrected chi connectivity index (χ1v) is 7.93. The van der Waals surface area contributed by atoms with Crippen molar-refractivity contribution in [3.63, 3.8) is 0 Å². The fourth-order valence-corrected chi connectivity index (χ4v) is 2.90. The molecule has 1 atom stereocenters. The molecule has 1 aliphatic heterocycles. The molecule has 0 N–H and O–H groups in total. The molecule has 0 bridgehead atoms. The lowest BCUT2D eigenvalue weighted by molar-refractivity contribution is 0.0751. The maximum Gasteiger partial charge on any atom is 0.257 e. The fraction of sp³-hybridized carbons (Fsp3) is 0.444. The van der Waals surface area contributed by atoms with Gasteiger partial charge >= 0.3 is 0 Å². The minimum atomic E-state index is -0.0273. The molecule has 1 aliphatic rings. The molecule has 1 amide bonds. The lowest BCUT2D eigenvalue weighted by Gasteiger charge is -2.22. The van der Waals surface area contributed by atoms with Crippen molar-refractivity contribution in [2.75, 3.05) is 34.2 Å². The molecule has 0 saturated heterocycles. The van der Waals surface area contributed by atoms with E-state index >= 15 is 0 Å². The number of carbonyl (C=O) groups is 1. The molecule has 2 heterocycles. The van der Waals surface area contributed by atoms with Crippen molar-refractivity contribution in [3.05, 3.63) is 35.5 Å². The van der Waals surface area contributed by atoms with Crippen LogP contribution in [0.25, 0.3) is 10.9 Å². The van der Waals surface area contributed by atoms with Gasteiger partial charge in [0.05, 0.1) is 12.1 Å². The van der Waals surface area contributed by atoms with Gasteiger partial charge in [0.25, 0.3) is 5.91 Å². The molecular formula is C18H23N3O2. The number of likely N-dealkylation sites (N-methyl/N-ethyl adjacent to an activating group) is 1. The molecule has 5 nitrogen and oxygen atoms in total. The quantitative estimate of drug-likeness (QED) is 0.872.